The summed E-state index contributed by atoms with van der Waals surface area (Å²) in [5.41, 5.74) is 6.02. The third-order valence-corrected chi connectivity index (χ3v) is 7.18. The molecule has 0 unspecified atom stereocenters. The Bertz CT molecular complexity index is 1320. The van der Waals surface area contributed by atoms with Crippen LogP contribution in [0.5, 0.6) is 0 Å². The van der Waals surface area contributed by atoms with Crippen molar-refractivity contribution in [3.63, 3.8) is 0 Å². The van der Waals surface area contributed by atoms with E-state index in [2.05, 4.69) is 69.6 Å². The molecule has 0 saturated carbocycles. The maximum atomic E-state index is 12.6. The van der Waals surface area contributed by atoms with E-state index in [0.717, 1.165) is 56.1 Å². The molecule has 0 bridgehead atoms. The van der Waals surface area contributed by atoms with Crippen molar-refractivity contribution in [2.75, 3.05) is 16.8 Å². The van der Waals surface area contributed by atoms with Crippen molar-refractivity contribution in [2.24, 2.45) is 0 Å². The van der Waals surface area contributed by atoms with Gasteiger partial charge in [0.15, 0.2) is 0 Å². The number of amides is 1. The minimum absolute atomic E-state index is 0.168. The van der Waals surface area contributed by atoms with Gasteiger partial charge in [-0.3, -0.25) is 4.79 Å². The molecule has 5 rings (SSSR count). The average Bonchev–Trinajstić information content (AvgIpc) is 3.35. The Labute approximate surface area is 231 Å². The van der Waals surface area contributed by atoms with Gasteiger partial charge in [0.25, 0.3) is 0 Å². The number of imidazole rings is 1. The zero-order valence-corrected chi connectivity index (χ0v) is 22.5. The summed E-state index contributed by atoms with van der Waals surface area (Å²) in [5, 5.41) is 14.2. The molecule has 8 nitrogen and oxygen atoms in total. The number of hydrogen-bond donors (Lipinski definition) is 3. The number of aryl methyl sites for hydroxylation is 2. The topological polar surface area (TPSA) is 99.5 Å². The molecule has 0 aliphatic carbocycles. The summed E-state index contributed by atoms with van der Waals surface area (Å²) in [4.78, 5) is 28.0. The molecule has 11 heteroatoms. The van der Waals surface area contributed by atoms with Gasteiger partial charge in [0.05, 0.1) is 12.6 Å². The lowest BCUT2D eigenvalue weighted by Gasteiger charge is -2.40. The minimum atomic E-state index is -5.08. The lowest BCUT2D eigenvalue weighted by Crippen LogP contribution is -2.44. The van der Waals surface area contributed by atoms with E-state index in [1.807, 2.05) is 24.1 Å². The van der Waals surface area contributed by atoms with E-state index in [1.165, 1.54) is 16.8 Å². The fraction of sp³-hybridized carbons (Fsp3) is 0.414. The first-order valence-corrected chi connectivity index (χ1v) is 13.4. The highest BCUT2D eigenvalue weighted by atomic mass is 19.4. The van der Waals surface area contributed by atoms with Gasteiger partial charge in [-0.05, 0) is 55.5 Å². The van der Waals surface area contributed by atoms with Crippen LogP contribution in [0.25, 0.3) is 0 Å². The number of nitrogens with one attached hydrogen (secondary N) is 2. The van der Waals surface area contributed by atoms with E-state index in [-0.39, 0.29) is 18.0 Å². The minimum Gasteiger partial charge on any atom is -0.475 e. The lowest BCUT2D eigenvalue weighted by atomic mass is 9.91. The highest BCUT2D eigenvalue weighted by Crippen LogP contribution is 2.39. The number of carboxylic acid groups (broad SMARTS) is 1. The summed E-state index contributed by atoms with van der Waals surface area (Å²) in [6, 6.07) is 17.5. The number of alkyl halides is 3. The molecule has 0 saturated heterocycles. The maximum absolute atomic E-state index is 12.6. The van der Waals surface area contributed by atoms with Crippen LogP contribution >= 0.6 is 0 Å². The molecule has 0 radical (unpaired) electrons. The number of anilines is 2. The van der Waals surface area contributed by atoms with Crippen LogP contribution in [0.2, 0.25) is 0 Å². The van der Waals surface area contributed by atoms with Gasteiger partial charge in [0, 0.05) is 48.8 Å². The number of rotatable bonds is 6. The number of benzene rings is 2. The van der Waals surface area contributed by atoms with Gasteiger partial charge in [0.2, 0.25) is 5.91 Å². The van der Waals surface area contributed by atoms with Gasteiger partial charge in [0.1, 0.15) is 5.82 Å². The molecule has 1 aromatic heterocycles. The number of carboxylic acids is 1. The number of para-hydroxylation sites is 1. The quantitative estimate of drug-likeness (QED) is 0.390. The van der Waals surface area contributed by atoms with Crippen molar-refractivity contribution in [2.45, 2.75) is 70.9 Å². The predicted octanol–water partition coefficient (Wildman–Crippen LogP) is 5.09. The Hall–Kier alpha value is -3.86. The standard InChI is InChI=1S/C27H33N5O.C2HF3O2/c1-3-27(33)32-19(2)16-24(23-6-4-5-7-25(23)32)30-21-11-8-20(9-12-21)10-13-22-17-29-26-18-28-14-15-31(22)26;3-2(4,5)1(6)7/h4-9,11-12,17,19,24,28,30H,3,10,13-16,18H2,1-2H3;(H,6,7)/t19-,24+;/m0./s1. The fourth-order valence-electron chi connectivity index (χ4n) is 5.20. The first kappa shape index (κ1) is 29.1. The number of carbonyl (C=O) groups excluding carboxylic acids is 1. The Morgan fingerprint density at radius 2 is 1.82 bits per heavy atom. The average molecular weight is 558 g/mol. The van der Waals surface area contributed by atoms with Gasteiger partial charge in [-0.1, -0.05) is 37.3 Å². The number of hydrogen-bond acceptors (Lipinski definition) is 5. The van der Waals surface area contributed by atoms with Crippen LogP contribution in [0.1, 0.15) is 55.4 Å². The van der Waals surface area contributed by atoms with Gasteiger partial charge in [-0.2, -0.15) is 13.2 Å². The first-order chi connectivity index (χ1) is 19.1. The summed E-state index contributed by atoms with van der Waals surface area (Å²) in [7, 11) is 0. The largest absolute Gasteiger partial charge is 0.490 e. The molecule has 3 heterocycles. The van der Waals surface area contributed by atoms with E-state index < -0.39 is 12.1 Å². The van der Waals surface area contributed by atoms with Crippen LogP contribution in [0.3, 0.4) is 0 Å². The van der Waals surface area contributed by atoms with Gasteiger partial charge < -0.3 is 25.2 Å². The molecule has 3 N–H and O–H groups in total. The highest BCUT2D eigenvalue weighted by Gasteiger charge is 2.38. The maximum Gasteiger partial charge on any atom is 0.490 e. The summed E-state index contributed by atoms with van der Waals surface area (Å²) < 4.78 is 34.1. The van der Waals surface area contributed by atoms with Crippen LogP contribution in [0.15, 0.2) is 54.7 Å². The molecule has 2 aromatic carbocycles. The Morgan fingerprint density at radius 3 is 2.50 bits per heavy atom. The summed E-state index contributed by atoms with van der Waals surface area (Å²) in [5.74, 6) is -1.42. The smallest absolute Gasteiger partial charge is 0.475 e. The normalized spacial score (nSPS) is 18.2. The molecule has 3 aromatic rings. The van der Waals surface area contributed by atoms with Crippen molar-refractivity contribution < 1.29 is 27.9 Å². The molecule has 0 fully saturated rings. The van der Waals surface area contributed by atoms with Crippen LogP contribution in [-0.4, -0.2) is 45.3 Å². The third-order valence-electron chi connectivity index (χ3n) is 7.18. The van der Waals surface area contributed by atoms with Gasteiger partial charge in [-0.25, -0.2) is 9.78 Å². The zero-order valence-electron chi connectivity index (χ0n) is 22.5. The van der Waals surface area contributed by atoms with Crippen LogP contribution in [0.4, 0.5) is 24.5 Å². The summed E-state index contributed by atoms with van der Waals surface area (Å²) >= 11 is 0. The van der Waals surface area contributed by atoms with E-state index in [9.17, 15) is 18.0 Å². The highest BCUT2D eigenvalue weighted by molar-refractivity contribution is 5.95. The van der Waals surface area contributed by atoms with Gasteiger partial charge >= 0.3 is 12.1 Å². The molecule has 214 valence electrons. The van der Waals surface area contributed by atoms with Crippen molar-refractivity contribution in [1.29, 1.82) is 0 Å². The fourth-order valence-corrected chi connectivity index (χ4v) is 5.20. The van der Waals surface area contributed by atoms with E-state index >= 15 is 0 Å². The van der Waals surface area contributed by atoms with Crippen molar-refractivity contribution >= 4 is 23.3 Å². The van der Waals surface area contributed by atoms with Crippen LogP contribution in [0, 0.1) is 0 Å². The molecule has 2 aliphatic rings. The zero-order chi connectivity index (χ0) is 28.9. The number of halogens is 3. The SMILES string of the molecule is CCC(=O)N1c2ccccc2[C@H](Nc2ccc(CCc3cnc4n3CCNC4)cc2)C[C@@H]1C.O=C(O)C(F)(F)F. The second-order valence-electron chi connectivity index (χ2n) is 9.95. The number of nitrogens with zero attached hydrogens (tertiary/aromatic N) is 3. The molecule has 0 spiro atoms. The van der Waals surface area contributed by atoms with Crippen molar-refractivity contribution in [3.05, 3.63) is 77.4 Å². The molecule has 1 amide bonds. The lowest BCUT2D eigenvalue weighted by molar-refractivity contribution is -0.192. The van der Waals surface area contributed by atoms with E-state index in [1.54, 1.807) is 0 Å². The second kappa shape index (κ2) is 12.5. The predicted molar refractivity (Wildman–Crippen MR) is 146 cm³/mol. The third kappa shape index (κ3) is 6.82. The molecular weight excluding hydrogens is 523 g/mol. The number of carbonyl (C=O) groups is 2. The second-order valence-corrected chi connectivity index (χ2v) is 9.95. The number of aliphatic carboxylic acids is 1. The Balaban J connectivity index is 0.000000470. The summed E-state index contributed by atoms with van der Waals surface area (Å²) in [6.07, 6.45) is 0.389. The first-order valence-electron chi connectivity index (χ1n) is 13.4. The van der Waals surface area contributed by atoms with E-state index in [0.29, 0.717) is 6.42 Å². The Morgan fingerprint density at radius 1 is 1.12 bits per heavy atom. The van der Waals surface area contributed by atoms with Crippen LogP contribution in [-0.2, 0) is 35.5 Å². The monoisotopic (exact) mass is 557 g/mol. The number of fused-ring (bicyclic) bond motifs is 2. The van der Waals surface area contributed by atoms with Crippen molar-refractivity contribution in [3.8, 4) is 0 Å². The summed E-state index contributed by atoms with van der Waals surface area (Å²) in [6.45, 7) is 6.97. The molecule has 2 atom stereocenters. The molecule has 40 heavy (non-hydrogen) atoms. The van der Waals surface area contributed by atoms with E-state index in [4.69, 9.17) is 9.90 Å². The molecule has 2 aliphatic heterocycles. The van der Waals surface area contributed by atoms with Crippen LogP contribution < -0.4 is 15.5 Å². The molecular formula is C29H34F3N5O3. The van der Waals surface area contributed by atoms with Gasteiger partial charge in [-0.15, -0.1) is 0 Å². The van der Waals surface area contributed by atoms with Crippen molar-refractivity contribution in [1.82, 2.24) is 14.9 Å². The Kier molecular flexibility index (Phi) is 9.14. The number of aromatic nitrogens is 2.